The Hall–Kier alpha value is -1.61. The number of rotatable bonds is 5. The zero-order valence-electron chi connectivity index (χ0n) is 10.8. The fourth-order valence-corrected chi connectivity index (χ4v) is 2.50. The van der Waals surface area contributed by atoms with Gasteiger partial charge in [0, 0.05) is 0 Å². The number of fused-ring (bicyclic) bond motifs is 1. The Bertz CT molecular complexity index is 740. The largest absolute Gasteiger partial charge is 0.368 e. The molecule has 2 aromatic heterocycles. The van der Waals surface area contributed by atoms with Crippen LogP contribution in [0.15, 0.2) is 6.33 Å². The predicted octanol–water partition coefficient (Wildman–Crippen LogP) is 0.232. The molecule has 4 N–H and O–H groups in total. The third-order valence-electron chi connectivity index (χ3n) is 3.24. The normalized spacial score (nSPS) is 17.3. The third-order valence-corrected chi connectivity index (χ3v) is 3.71. The van der Waals surface area contributed by atoms with E-state index in [-0.39, 0.29) is 23.7 Å². The van der Waals surface area contributed by atoms with Crippen molar-refractivity contribution in [3.8, 4) is 0 Å². The van der Waals surface area contributed by atoms with Gasteiger partial charge in [-0.15, -0.1) is 0 Å². The second kappa shape index (κ2) is 4.70. The first kappa shape index (κ1) is 14.3. The molecule has 0 bridgehead atoms. The monoisotopic (exact) mass is 317 g/mol. The Morgan fingerprint density at radius 1 is 1.48 bits per heavy atom. The molecule has 1 fully saturated rings. The molecule has 0 unspecified atom stereocenters. The quantitative estimate of drug-likeness (QED) is 0.526. The molecule has 2 aromatic rings. The highest BCUT2D eigenvalue weighted by molar-refractivity contribution is 7.51. The summed E-state index contributed by atoms with van der Waals surface area (Å²) in [5, 5.41) is 0. The Labute approximate surface area is 118 Å². The zero-order chi connectivity index (χ0) is 15.3. The highest BCUT2D eigenvalue weighted by atomic mass is 31.2. The molecule has 0 aliphatic heterocycles. The maximum Gasteiger partial charge on any atom is 0.351 e. The van der Waals surface area contributed by atoms with Gasteiger partial charge in [-0.3, -0.25) is 4.57 Å². The van der Waals surface area contributed by atoms with Crippen LogP contribution in [0.2, 0.25) is 0 Å². The smallest absolute Gasteiger partial charge is 0.351 e. The van der Waals surface area contributed by atoms with Crippen molar-refractivity contribution in [3.05, 3.63) is 12.3 Å². The molecule has 0 aromatic carbocycles. The van der Waals surface area contributed by atoms with E-state index >= 15 is 0 Å². The fraction of sp³-hybridized carbons (Fsp3) is 0.500. The van der Waals surface area contributed by atoms with Gasteiger partial charge in [-0.2, -0.15) is 14.4 Å². The Balaban J connectivity index is 1.84. The van der Waals surface area contributed by atoms with Crippen molar-refractivity contribution in [1.82, 2.24) is 19.5 Å². The fourth-order valence-electron chi connectivity index (χ4n) is 2.06. The van der Waals surface area contributed by atoms with E-state index in [4.69, 9.17) is 20.3 Å². The van der Waals surface area contributed by atoms with Gasteiger partial charge in [-0.05, 0) is 12.8 Å². The zero-order valence-corrected chi connectivity index (χ0v) is 11.7. The average molecular weight is 317 g/mol. The second-order valence-corrected chi connectivity index (χ2v) is 6.63. The minimum Gasteiger partial charge on any atom is -0.368 e. The van der Waals surface area contributed by atoms with Crippen LogP contribution in [0.25, 0.3) is 11.2 Å². The summed E-state index contributed by atoms with van der Waals surface area (Å²) >= 11 is 0. The molecule has 0 saturated heterocycles. The van der Waals surface area contributed by atoms with Gasteiger partial charge in [0.2, 0.25) is 11.9 Å². The van der Waals surface area contributed by atoms with E-state index in [9.17, 15) is 8.96 Å². The lowest BCUT2D eigenvalue weighted by molar-refractivity contribution is 0.0417. The van der Waals surface area contributed by atoms with Crippen LogP contribution in [0.4, 0.5) is 10.3 Å². The summed E-state index contributed by atoms with van der Waals surface area (Å²) in [5.74, 6) is -1.01. The number of halogens is 1. The predicted molar refractivity (Wildman–Crippen MR) is 69.7 cm³/mol. The van der Waals surface area contributed by atoms with Crippen LogP contribution in [0.3, 0.4) is 0 Å². The van der Waals surface area contributed by atoms with Gasteiger partial charge >= 0.3 is 7.60 Å². The van der Waals surface area contributed by atoms with Crippen LogP contribution < -0.4 is 5.73 Å². The number of nitrogens with zero attached hydrogens (tertiary/aromatic N) is 4. The van der Waals surface area contributed by atoms with Gasteiger partial charge in [0.05, 0.1) is 18.5 Å². The second-order valence-electron chi connectivity index (χ2n) is 5.04. The molecule has 1 aliphatic rings. The molecule has 9 nitrogen and oxygen atoms in total. The molecule has 0 amide bonds. The average Bonchev–Trinajstić information content (AvgIpc) is 3.02. The van der Waals surface area contributed by atoms with E-state index < -0.39 is 25.5 Å². The molecular weight excluding hydrogens is 304 g/mol. The number of nitrogens with two attached hydrogens (primary N) is 1. The summed E-state index contributed by atoms with van der Waals surface area (Å²) < 4.78 is 31.3. The first-order valence-corrected chi connectivity index (χ1v) is 7.90. The van der Waals surface area contributed by atoms with Crippen LogP contribution in [-0.4, -0.2) is 41.3 Å². The maximum absolute atomic E-state index is 13.6. The van der Waals surface area contributed by atoms with Crippen molar-refractivity contribution in [2.75, 3.05) is 12.1 Å². The summed E-state index contributed by atoms with van der Waals surface area (Å²) in [5.41, 5.74) is 4.96. The molecule has 0 spiro atoms. The molecular formula is C10H13FN5O4P. The van der Waals surface area contributed by atoms with Crippen molar-refractivity contribution >= 4 is 24.7 Å². The maximum atomic E-state index is 13.6. The van der Waals surface area contributed by atoms with Crippen molar-refractivity contribution in [3.63, 3.8) is 0 Å². The molecule has 11 heteroatoms. The number of aromatic nitrogens is 4. The van der Waals surface area contributed by atoms with Crippen molar-refractivity contribution in [2.45, 2.75) is 25.0 Å². The summed E-state index contributed by atoms with van der Waals surface area (Å²) in [7, 11) is -4.23. The van der Waals surface area contributed by atoms with E-state index in [1.165, 1.54) is 6.33 Å². The van der Waals surface area contributed by atoms with Gasteiger partial charge in [0.1, 0.15) is 6.35 Å². The minimum absolute atomic E-state index is 0.00464. The standard InChI is InChI=1S/C10H13FN5O4P/c11-7-6-8(15-9(12)14-7)16(4-13-6)3-10(1-2-10)20-5-21(17,18)19/h4H,1-3,5H2,(H2,12,14,15)(H2,17,18,19). The number of nitrogen functional groups attached to an aromatic ring is 1. The molecule has 3 rings (SSSR count). The van der Waals surface area contributed by atoms with Crippen LogP contribution in [-0.2, 0) is 15.8 Å². The lowest BCUT2D eigenvalue weighted by Gasteiger charge is -2.17. The minimum atomic E-state index is -4.23. The lowest BCUT2D eigenvalue weighted by Crippen LogP contribution is -2.22. The highest BCUT2D eigenvalue weighted by Crippen LogP contribution is 2.46. The molecule has 114 valence electrons. The SMILES string of the molecule is Nc1nc(F)c2ncn(CC3(OCP(=O)(O)O)CC3)c2n1. The third kappa shape index (κ3) is 3.03. The molecule has 2 heterocycles. The van der Waals surface area contributed by atoms with Gasteiger partial charge in [-0.1, -0.05) is 0 Å². The molecule has 1 saturated carbocycles. The molecule has 1 aliphatic carbocycles. The first-order valence-electron chi connectivity index (χ1n) is 6.10. The molecule has 0 atom stereocenters. The van der Waals surface area contributed by atoms with Gasteiger partial charge in [-0.25, -0.2) is 4.98 Å². The van der Waals surface area contributed by atoms with Crippen molar-refractivity contribution in [1.29, 1.82) is 0 Å². The Morgan fingerprint density at radius 2 is 2.19 bits per heavy atom. The molecule has 21 heavy (non-hydrogen) atoms. The summed E-state index contributed by atoms with van der Waals surface area (Å²) in [6.07, 6.45) is 2.03. The lowest BCUT2D eigenvalue weighted by atomic mass is 10.3. The Kier molecular flexibility index (Phi) is 3.21. The summed E-state index contributed by atoms with van der Waals surface area (Å²) in [6.45, 7) is 0.263. The number of ether oxygens (including phenoxy) is 1. The molecule has 0 radical (unpaired) electrons. The first-order chi connectivity index (χ1) is 9.78. The number of hydrogen-bond donors (Lipinski definition) is 3. The highest BCUT2D eigenvalue weighted by Gasteiger charge is 2.46. The number of hydrogen-bond acceptors (Lipinski definition) is 6. The van der Waals surface area contributed by atoms with Gasteiger partial charge in [0.25, 0.3) is 0 Å². The van der Waals surface area contributed by atoms with Gasteiger partial charge < -0.3 is 24.8 Å². The summed E-state index contributed by atoms with van der Waals surface area (Å²) in [4.78, 5) is 28.9. The van der Waals surface area contributed by atoms with Gasteiger partial charge in [0.15, 0.2) is 11.2 Å². The topological polar surface area (TPSA) is 136 Å². The van der Waals surface area contributed by atoms with E-state index in [1.54, 1.807) is 4.57 Å². The number of anilines is 1. The van der Waals surface area contributed by atoms with Crippen LogP contribution in [0, 0.1) is 5.95 Å². The van der Waals surface area contributed by atoms with Crippen LogP contribution in [0.5, 0.6) is 0 Å². The van der Waals surface area contributed by atoms with Crippen molar-refractivity contribution < 1.29 is 23.5 Å². The summed E-state index contributed by atoms with van der Waals surface area (Å²) in [6, 6.07) is 0. The van der Waals surface area contributed by atoms with E-state index in [2.05, 4.69) is 15.0 Å². The Morgan fingerprint density at radius 3 is 2.81 bits per heavy atom. The number of imidazole rings is 1. The van der Waals surface area contributed by atoms with Crippen molar-refractivity contribution in [2.24, 2.45) is 0 Å². The van der Waals surface area contributed by atoms with E-state index in [1.807, 2.05) is 0 Å². The van der Waals surface area contributed by atoms with E-state index in [0.717, 1.165) is 0 Å². The van der Waals surface area contributed by atoms with Crippen LogP contribution in [0.1, 0.15) is 12.8 Å². The van der Waals surface area contributed by atoms with Crippen LogP contribution >= 0.6 is 7.60 Å². The van der Waals surface area contributed by atoms with E-state index in [0.29, 0.717) is 12.8 Å².